The van der Waals surface area contributed by atoms with Crippen LogP contribution in [0, 0.1) is 0 Å². The molecule has 2 aromatic carbocycles. The Kier molecular flexibility index (Phi) is 4.82. The Morgan fingerprint density at radius 2 is 1.96 bits per heavy atom. The molecule has 0 aliphatic heterocycles. The third-order valence-corrected chi connectivity index (χ3v) is 5.51. The van der Waals surface area contributed by atoms with Crippen LogP contribution in [-0.4, -0.2) is 27.1 Å². The zero-order chi connectivity index (χ0) is 19.0. The van der Waals surface area contributed by atoms with E-state index in [1.807, 2.05) is 20.8 Å². The van der Waals surface area contributed by atoms with Crippen LogP contribution >= 0.6 is 0 Å². The monoisotopic (exact) mass is 374 g/mol. The first kappa shape index (κ1) is 18.1. The fourth-order valence-corrected chi connectivity index (χ4v) is 3.76. The summed E-state index contributed by atoms with van der Waals surface area (Å²) in [4.78, 5) is 24.5. The third-order valence-electron chi connectivity index (χ3n) is 3.91. The van der Waals surface area contributed by atoms with Crippen LogP contribution in [0.1, 0.15) is 31.1 Å². The van der Waals surface area contributed by atoms with Crippen molar-refractivity contribution < 1.29 is 23.3 Å². The minimum absolute atomic E-state index is 0.00362. The SMILES string of the molecule is CCOc1cc(S(=O)C(C)C)c2oc3ccc(C(=O)O)cc3c(=O)c2c1. The Bertz CT molecular complexity index is 1100. The molecule has 1 aromatic heterocycles. The minimum atomic E-state index is -1.39. The molecular weight excluding hydrogens is 356 g/mol. The zero-order valence-corrected chi connectivity index (χ0v) is 15.4. The smallest absolute Gasteiger partial charge is 0.335 e. The molecule has 1 heterocycles. The van der Waals surface area contributed by atoms with Crippen molar-refractivity contribution in [2.24, 2.45) is 0 Å². The summed E-state index contributed by atoms with van der Waals surface area (Å²) in [5.74, 6) is -0.707. The Morgan fingerprint density at radius 1 is 1.23 bits per heavy atom. The quantitative estimate of drug-likeness (QED) is 0.686. The molecule has 0 amide bonds. The van der Waals surface area contributed by atoms with Gasteiger partial charge in [0, 0.05) is 11.3 Å². The normalized spacial score (nSPS) is 12.6. The van der Waals surface area contributed by atoms with Crippen LogP contribution in [0.3, 0.4) is 0 Å². The summed E-state index contributed by atoms with van der Waals surface area (Å²) < 4.78 is 24.1. The van der Waals surface area contributed by atoms with E-state index in [9.17, 15) is 13.8 Å². The van der Waals surface area contributed by atoms with Crippen molar-refractivity contribution in [2.45, 2.75) is 30.9 Å². The van der Waals surface area contributed by atoms with Crippen molar-refractivity contribution in [3.63, 3.8) is 0 Å². The Morgan fingerprint density at radius 3 is 2.58 bits per heavy atom. The molecule has 136 valence electrons. The molecule has 1 atom stereocenters. The van der Waals surface area contributed by atoms with Gasteiger partial charge in [-0.3, -0.25) is 9.00 Å². The summed E-state index contributed by atoms with van der Waals surface area (Å²) in [6.45, 7) is 5.83. The van der Waals surface area contributed by atoms with Crippen molar-refractivity contribution in [1.82, 2.24) is 0 Å². The highest BCUT2D eigenvalue weighted by molar-refractivity contribution is 7.85. The first-order valence-corrected chi connectivity index (χ1v) is 9.36. The maximum Gasteiger partial charge on any atom is 0.335 e. The molecule has 0 aliphatic rings. The highest BCUT2D eigenvalue weighted by Crippen LogP contribution is 2.30. The summed E-state index contributed by atoms with van der Waals surface area (Å²) in [6, 6.07) is 7.27. The van der Waals surface area contributed by atoms with Crippen molar-refractivity contribution >= 4 is 38.7 Å². The largest absolute Gasteiger partial charge is 0.494 e. The summed E-state index contributed by atoms with van der Waals surface area (Å²) in [7, 11) is -1.39. The second-order valence-corrected chi connectivity index (χ2v) is 8.00. The predicted molar refractivity (Wildman–Crippen MR) is 99.7 cm³/mol. The second kappa shape index (κ2) is 6.92. The van der Waals surface area contributed by atoms with Gasteiger partial charge in [0.05, 0.1) is 38.6 Å². The van der Waals surface area contributed by atoms with Crippen LogP contribution in [0.5, 0.6) is 5.75 Å². The third kappa shape index (κ3) is 3.10. The number of fused-ring (bicyclic) bond motifs is 2. The lowest BCUT2D eigenvalue weighted by atomic mass is 10.1. The molecule has 26 heavy (non-hydrogen) atoms. The summed E-state index contributed by atoms with van der Waals surface area (Å²) >= 11 is 0. The molecule has 3 rings (SSSR count). The number of rotatable bonds is 5. The van der Waals surface area contributed by atoms with E-state index in [-0.39, 0.29) is 38.2 Å². The number of carboxylic acids is 1. The van der Waals surface area contributed by atoms with E-state index >= 15 is 0 Å². The number of aromatic carboxylic acids is 1. The molecule has 0 radical (unpaired) electrons. The van der Waals surface area contributed by atoms with E-state index in [2.05, 4.69) is 0 Å². The van der Waals surface area contributed by atoms with Crippen molar-refractivity contribution in [3.05, 3.63) is 46.1 Å². The lowest BCUT2D eigenvalue weighted by Gasteiger charge is -2.12. The van der Waals surface area contributed by atoms with Gasteiger partial charge in [-0.1, -0.05) is 13.8 Å². The average molecular weight is 374 g/mol. The van der Waals surface area contributed by atoms with Crippen molar-refractivity contribution in [2.75, 3.05) is 6.61 Å². The van der Waals surface area contributed by atoms with Crippen LogP contribution in [0.25, 0.3) is 21.9 Å². The van der Waals surface area contributed by atoms with E-state index in [0.717, 1.165) is 0 Å². The first-order valence-electron chi connectivity index (χ1n) is 8.14. The molecule has 7 heteroatoms. The first-order chi connectivity index (χ1) is 12.3. The molecule has 1 N–H and O–H groups in total. The van der Waals surface area contributed by atoms with Crippen LogP contribution in [-0.2, 0) is 10.8 Å². The molecule has 0 bridgehead atoms. The highest BCUT2D eigenvalue weighted by atomic mass is 32.2. The van der Waals surface area contributed by atoms with Gasteiger partial charge >= 0.3 is 5.97 Å². The van der Waals surface area contributed by atoms with Crippen molar-refractivity contribution in [3.8, 4) is 5.75 Å². The van der Waals surface area contributed by atoms with Gasteiger partial charge in [0.25, 0.3) is 0 Å². The van der Waals surface area contributed by atoms with Crippen LogP contribution in [0.15, 0.2) is 44.4 Å². The standard InChI is InChI=1S/C19H18O6S/c1-4-24-12-8-14-17(20)13-7-11(19(21)22)5-6-15(13)25-18(14)16(9-12)26(23)10(2)3/h5-10H,4H2,1-3H3,(H,21,22). The maximum atomic E-state index is 13.0. The maximum absolute atomic E-state index is 13.0. The topological polar surface area (TPSA) is 93.8 Å². The number of hydrogen-bond donors (Lipinski definition) is 1. The zero-order valence-electron chi connectivity index (χ0n) is 14.6. The molecule has 3 aromatic rings. The summed E-state index contributed by atoms with van der Waals surface area (Å²) in [5.41, 5.74) is 0.101. The van der Waals surface area contributed by atoms with Gasteiger partial charge < -0.3 is 14.3 Å². The number of benzene rings is 2. The molecular formula is C19H18O6S. The molecule has 1 unspecified atom stereocenters. The average Bonchev–Trinajstić information content (AvgIpc) is 2.61. The summed E-state index contributed by atoms with van der Waals surface area (Å²) in [5, 5.41) is 9.35. The van der Waals surface area contributed by atoms with Crippen LogP contribution in [0.2, 0.25) is 0 Å². The lowest BCUT2D eigenvalue weighted by molar-refractivity contribution is 0.0697. The Balaban J connectivity index is 2.42. The molecule has 6 nitrogen and oxygen atoms in total. The van der Waals surface area contributed by atoms with Crippen LogP contribution in [0.4, 0.5) is 0 Å². The second-order valence-electron chi connectivity index (χ2n) is 6.02. The van der Waals surface area contributed by atoms with Gasteiger partial charge in [-0.05, 0) is 31.2 Å². The highest BCUT2D eigenvalue weighted by Gasteiger charge is 2.20. The van der Waals surface area contributed by atoms with Gasteiger partial charge in [-0.2, -0.15) is 0 Å². The van der Waals surface area contributed by atoms with Crippen molar-refractivity contribution in [1.29, 1.82) is 0 Å². The fraction of sp³-hybridized carbons (Fsp3) is 0.263. The van der Waals surface area contributed by atoms with Gasteiger partial charge in [-0.15, -0.1) is 0 Å². The van der Waals surface area contributed by atoms with E-state index in [1.54, 1.807) is 12.1 Å². The minimum Gasteiger partial charge on any atom is -0.494 e. The van der Waals surface area contributed by atoms with Gasteiger partial charge in [0.1, 0.15) is 11.3 Å². The Hall–Kier alpha value is -2.67. The Labute approximate surface area is 151 Å². The molecule has 0 spiro atoms. The lowest BCUT2D eigenvalue weighted by Crippen LogP contribution is -2.10. The number of carboxylic acid groups (broad SMARTS) is 1. The predicted octanol–water partition coefficient (Wildman–Crippen LogP) is 3.56. The van der Waals surface area contributed by atoms with E-state index in [0.29, 0.717) is 17.3 Å². The molecule has 0 aliphatic carbocycles. The van der Waals surface area contributed by atoms with E-state index in [1.165, 1.54) is 18.2 Å². The number of carbonyl (C=O) groups is 1. The van der Waals surface area contributed by atoms with Crippen LogP contribution < -0.4 is 10.2 Å². The van der Waals surface area contributed by atoms with E-state index in [4.69, 9.17) is 14.3 Å². The fourth-order valence-electron chi connectivity index (χ4n) is 2.69. The van der Waals surface area contributed by atoms with Gasteiger partial charge in [0.15, 0.2) is 5.58 Å². The molecule has 0 fully saturated rings. The van der Waals surface area contributed by atoms with E-state index < -0.39 is 16.8 Å². The summed E-state index contributed by atoms with van der Waals surface area (Å²) in [6.07, 6.45) is 0. The number of ether oxygens (including phenoxy) is 1. The molecule has 0 saturated heterocycles. The van der Waals surface area contributed by atoms with Gasteiger partial charge in [0.2, 0.25) is 5.43 Å². The molecule has 0 saturated carbocycles. The number of hydrogen-bond acceptors (Lipinski definition) is 5. The van der Waals surface area contributed by atoms with Gasteiger partial charge in [-0.25, -0.2) is 4.79 Å².